The number of nitrogens with zero attached hydrogens (tertiary/aromatic N) is 2. The number of carbonyl (C=O) groups excluding carboxylic acids is 2. The second kappa shape index (κ2) is 8.94. The lowest BCUT2D eigenvalue weighted by Gasteiger charge is -2.27. The molecule has 0 bridgehead atoms. The Morgan fingerprint density at radius 2 is 1.56 bits per heavy atom. The van der Waals surface area contributed by atoms with Crippen molar-refractivity contribution in [2.45, 2.75) is 11.4 Å². The molecule has 0 atom stereocenters. The average molecular weight is 566 g/mol. The van der Waals surface area contributed by atoms with Crippen LogP contribution in [0.3, 0.4) is 0 Å². The fraction of sp³-hybridized carbons (Fsp3) is 0.0400. The van der Waals surface area contributed by atoms with Gasteiger partial charge < -0.3 is 0 Å². The van der Waals surface area contributed by atoms with E-state index in [9.17, 15) is 28.1 Å². The summed E-state index contributed by atoms with van der Waals surface area (Å²) in [4.78, 5) is 38.5. The van der Waals surface area contributed by atoms with Crippen LogP contribution in [-0.4, -0.2) is 25.2 Å². The van der Waals surface area contributed by atoms with Crippen molar-refractivity contribution in [2.24, 2.45) is 0 Å². The normalized spacial score (nSPS) is 13.3. The number of benzene rings is 4. The van der Waals surface area contributed by atoms with Crippen molar-refractivity contribution in [1.82, 2.24) is 4.72 Å². The number of rotatable bonds is 6. The highest BCUT2D eigenvalue weighted by Gasteiger charge is 2.36. The molecule has 9 nitrogen and oxygen atoms in total. The number of sulfonamides is 1. The molecule has 0 aliphatic carbocycles. The van der Waals surface area contributed by atoms with Gasteiger partial charge in [0.05, 0.1) is 21.1 Å². The predicted molar refractivity (Wildman–Crippen MR) is 136 cm³/mol. The molecule has 5 rings (SSSR count). The number of hydrogen-bond donors (Lipinski definition) is 1. The topological polar surface area (TPSA) is 127 Å². The van der Waals surface area contributed by atoms with E-state index in [1.165, 1.54) is 30.3 Å². The molecular formula is C25H16BrN3O6S. The molecule has 1 heterocycles. The van der Waals surface area contributed by atoms with E-state index >= 15 is 0 Å². The van der Waals surface area contributed by atoms with E-state index in [4.69, 9.17) is 0 Å². The van der Waals surface area contributed by atoms with Crippen LogP contribution in [0.25, 0.3) is 10.8 Å². The molecule has 1 aliphatic heterocycles. The minimum Gasteiger partial charge on any atom is -0.268 e. The molecule has 0 saturated heterocycles. The molecule has 180 valence electrons. The molecule has 36 heavy (non-hydrogen) atoms. The molecular weight excluding hydrogens is 550 g/mol. The van der Waals surface area contributed by atoms with Gasteiger partial charge in [-0.1, -0.05) is 42.5 Å². The van der Waals surface area contributed by atoms with E-state index in [1.54, 1.807) is 36.4 Å². The summed E-state index contributed by atoms with van der Waals surface area (Å²) < 4.78 is 28.1. The van der Waals surface area contributed by atoms with E-state index in [1.807, 2.05) is 6.07 Å². The lowest BCUT2D eigenvalue weighted by Crippen LogP contribution is -2.40. The van der Waals surface area contributed by atoms with Crippen molar-refractivity contribution in [3.05, 3.63) is 110 Å². The first-order chi connectivity index (χ1) is 17.2. The fourth-order valence-electron chi connectivity index (χ4n) is 4.11. The number of nitro benzene ring substituents is 1. The molecule has 0 unspecified atom stereocenters. The van der Waals surface area contributed by atoms with Gasteiger partial charge in [0, 0.05) is 28.9 Å². The van der Waals surface area contributed by atoms with Gasteiger partial charge in [0.25, 0.3) is 17.5 Å². The second-order valence-electron chi connectivity index (χ2n) is 7.99. The molecule has 2 amide bonds. The van der Waals surface area contributed by atoms with Crippen LogP contribution in [0.1, 0.15) is 26.3 Å². The Hall–Kier alpha value is -3.93. The largest absolute Gasteiger partial charge is 0.284 e. The highest BCUT2D eigenvalue weighted by molar-refractivity contribution is 9.10. The van der Waals surface area contributed by atoms with Crippen molar-refractivity contribution in [2.75, 3.05) is 4.90 Å². The Bertz CT molecular complexity index is 1670. The summed E-state index contributed by atoms with van der Waals surface area (Å²) in [7, 11) is -3.85. The van der Waals surface area contributed by atoms with Gasteiger partial charge in [0.15, 0.2) is 0 Å². The van der Waals surface area contributed by atoms with Gasteiger partial charge in [-0.3, -0.25) is 19.7 Å². The van der Waals surface area contributed by atoms with E-state index in [-0.39, 0.29) is 38.4 Å². The quantitative estimate of drug-likeness (QED) is 0.203. The van der Waals surface area contributed by atoms with Crippen molar-refractivity contribution in [1.29, 1.82) is 0 Å². The molecule has 0 radical (unpaired) electrons. The first-order valence-electron chi connectivity index (χ1n) is 10.6. The minimum absolute atomic E-state index is 0.0105. The maximum Gasteiger partial charge on any atom is 0.284 e. The molecule has 1 N–H and O–H groups in total. The number of carbonyl (C=O) groups is 2. The van der Waals surface area contributed by atoms with Crippen LogP contribution in [-0.2, 0) is 16.6 Å². The second-order valence-corrected chi connectivity index (χ2v) is 10.6. The van der Waals surface area contributed by atoms with Gasteiger partial charge >= 0.3 is 0 Å². The van der Waals surface area contributed by atoms with Gasteiger partial charge in [0.2, 0.25) is 10.0 Å². The number of amides is 2. The Balaban J connectivity index is 1.50. The zero-order chi connectivity index (χ0) is 25.6. The predicted octanol–water partition coefficient (Wildman–Crippen LogP) is 4.79. The van der Waals surface area contributed by atoms with Gasteiger partial charge in [-0.2, -0.15) is 0 Å². The van der Waals surface area contributed by atoms with Gasteiger partial charge in [0.1, 0.15) is 4.47 Å². The Morgan fingerprint density at radius 3 is 2.22 bits per heavy atom. The zero-order valence-corrected chi connectivity index (χ0v) is 20.7. The van der Waals surface area contributed by atoms with Gasteiger partial charge in [-0.15, -0.1) is 0 Å². The van der Waals surface area contributed by atoms with Crippen LogP contribution in [0, 0.1) is 10.1 Å². The van der Waals surface area contributed by atoms with Crippen LogP contribution >= 0.6 is 15.9 Å². The number of anilines is 1. The average Bonchev–Trinajstić information content (AvgIpc) is 2.88. The van der Waals surface area contributed by atoms with Crippen molar-refractivity contribution >= 4 is 59.9 Å². The fourth-order valence-corrected chi connectivity index (χ4v) is 5.72. The van der Waals surface area contributed by atoms with E-state index in [2.05, 4.69) is 20.7 Å². The van der Waals surface area contributed by atoms with Gasteiger partial charge in [-0.05, 0) is 51.8 Å². The molecule has 1 aliphatic rings. The SMILES string of the molecule is O=C1c2cccc3c(Br)c([N+](=O)[O-])cc(c23)C(=O)N1c1ccc(S(=O)(=O)NCc2ccccc2)cc1. The zero-order valence-electron chi connectivity index (χ0n) is 18.3. The molecule has 0 spiro atoms. The Kier molecular flexibility index (Phi) is 5.91. The highest BCUT2D eigenvalue weighted by Crippen LogP contribution is 2.40. The smallest absolute Gasteiger partial charge is 0.268 e. The summed E-state index contributed by atoms with van der Waals surface area (Å²) in [5.74, 6) is -1.35. The summed E-state index contributed by atoms with van der Waals surface area (Å²) in [5.41, 5.74) is 0.842. The third-order valence-electron chi connectivity index (χ3n) is 5.85. The molecule has 11 heteroatoms. The first-order valence-corrected chi connectivity index (χ1v) is 12.9. The number of halogens is 1. The van der Waals surface area contributed by atoms with E-state index < -0.39 is 26.8 Å². The summed E-state index contributed by atoms with van der Waals surface area (Å²) in [6.07, 6.45) is 0. The Morgan fingerprint density at radius 1 is 0.889 bits per heavy atom. The summed E-state index contributed by atoms with van der Waals surface area (Å²) in [5, 5.41) is 12.3. The number of nitrogens with one attached hydrogen (secondary N) is 1. The lowest BCUT2D eigenvalue weighted by atomic mass is 9.93. The molecule has 4 aromatic carbocycles. The maximum absolute atomic E-state index is 13.4. The number of imide groups is 1. The van der Waals surface area contributed by atoms with Crippen molar-refractivity contribution in [3.63, 3.8) is 0 Å². The lowest BCUT2D eigenvalue weighted by molar-refractivity contribution is -0.385. The van der Waals surface area contributed by atoms with Crippen LogP contribution < -0.4 is 9.62 Å². The standard InChI is InChI=1S/C25H16BrN3O6S/c26-23-18-7-4-8-19-22(18)20(13-21(23)29(32)33)25(31)28(24(19)30)16-9-11-17(12-10-16)36(34,35)27-14-15-5-2-1-3-6-15/h1-13,27H,14H2. The number of hydrogen-bond acceptors (Lipinski definition) is 6. The molecule has 4 aromatic rings. The van der Waals surface area contributed by atoms with Crippen molar-refractivity contribution < 1.29 is 22.9 Å². The van der Waals surface area contributed by atoms with Crippen LogP contribution in [0.5, 0.6) is 0 Å². The van der Waals surface area contributed by atoms with Crippen LogP contribution in [0.2, 0.25) is 0 Å². The van der Waals surface area contributed by atoms with Gasteiger partial charge in [-0.25, -0.2) is 18.0 Å². The maximum atomic E-state index is 13.4. The first kappa shape index (κ1) is 23.8. The third kappa shape index (κ3) is 3.96. The highest BCUT2D eigenvalue weighted by atomic mass is 79.9. The molecule has 0 fully saturated rings. The monoisotopic (exact) mass is 565 g/mol. The summed E-state index contributed by atoms with van der Waals surface area (Å²) in [6.45, 7) is 0.100. The molecule has 0 aromatic heterocycles. The van der Waals surface area contributed by atoms with E-state index in [0.29, 0.717) is 10.8 Å². The number of nitro groups is 1. The molecule has 0 saturated carbocycles. The minimum atomic E-state index is -3.85. The summed E-state index contributed by atoms with van der Waals surface area (Å²) >= 11 is 3.22. The van der Waals surface area contributed by atoms with Crippen molar-refractivity contribution in [3.8, 4) is 0 Å². The summed E-state index contributed by atoms with van der Waals surface area (Å²) in [6, 6.07) is 20.2. The van der Waals surface area contributed by atoms with E-state index in [0.717, 1.165) is 16.5 Å². The van der Waals surface area contributed by atoms with Crippen LogP contribution in [0.4, 0.5) is 11.4 Å². The Labute approximate surface area is 213 Å². The third-order valence-corrected chi connectivity index (χ3v) is 8.10. The van der Waals surface area contributed by atoms with Crippen LogP contribution in [0.15, 0.2) is 88.2 Å².